The number of nitrogens with two attached hydrogens (primary N) is 1. The van der Waals surface area contributed by atoms with Crippen molar-refractivity contribution >= 4 is 5.78 Å². The molecule has 1 saturated heterocycles. The first-order chi connectivity index (χ1) is 9.18. The molecule has 2 rings (SSSR count). The molecule has 2 fully saturated rings. The summed E-state index contributed by atoms with van der Waals surface area (Å²) in [7, 11) is 0. The second-order valence-corrected chi connectivity index (χ2v) is 6.35. The molecule has 0 radical (unpaired) electrons. The predicted molar refractivity (Wildman–Crippen MR) is 68.1 cm³/mol. The SMILES string of the molecule is CC(N)(C(=O)C1CCOC2(CCCCC2)C1)C(F)(F)F. The minimum absolute atomic E-state index is 0.337. The second-order valence-electron chi connectivity index (χ2n) is 6.35. The number of ether oxygens (including phenoxy) is 1. The number of hydrogen-bond donors (Lipinski definition) is 1. The molecule has 0 aromatic heterocycles. The van der Waals surface area contributed by atoms with Crippen molar-refractivity contribution in [3.05, 3.63) is 0 Å². The van der Waals surface area contributed by atoms with Crippen LogP contribution in [0.25, 0.3) is 0 Å². The van der Waals surface area contributed by atoms with Gasteiger partial charge in [-0.1, -0.05) is 19.3 Å². The average molecular weight is 293 g/mol. The van der Waals surface area contributed by atoms with Crippen LogP contribution in [0.3, 0.4) is 0 Å². The highest BCUT2D eigenvalue weighted by Gasteiger charge is 2.56. The van der Waals surface area contributed by atoms with Crippen LogP contribution >= 0.6 is 0 Å². The summed E-state index contributed by atoms with van der Waals surface area (Å²) in [5.74, 6) is -1.53. The van der Waals surface area contributed by atoms with Gasteiger partial charge in [-0.3, -0.25) is 4.79 Å². The fourth-order valence-electron chi connectivity index (χ4n) is 3.36. The molecule has 2 atom stereocenters. The molecule has 2 aliphatic rings. The van der Waals surface area contributed by atoms with Gasteiger partial charge < -0.3 is 10.5 Å². The van der Waals surface area contributed by atoms with Crippen molar-refractivity contribution in [3.63, 3.8) is 0 Å². The maximum atomic E-state index is 12.9. The monoisotopic (exact) mass is 293 g/mol. The van der Waals surface area contributed by atoms with Gasteiger partial charge in [0.2, 0.25) is 0 Å². The standard InChI is InChI=1S/C14H22F3NO2/c1-12(18,14(15,16)17)11(19)10-5-8-20-13(9-10)6-3-2-4-7-13/h10H,2-9,18H2,1H3. The van der Waals surface area contributed by atoms with E-state index in [9.17, 15) is 18.0 Å². The molecule has 1 saturated carbocycles. The molecule has 0 aromatic carbocycles. The molecular weight excluding hydrogens is 271 g/mol. The van der Waals surface area contributed by atoms with Crippen LogP contribution in [0.1, 0.15) is 51.9 Å². The molecule has 1 aliphatic heterocycles. The van der Waals surface area contributed by atoms with Crippen molar-refractivity contribution in [1.82, 2.24) is 0 Å². The summed E-state index contributed by atoms with van der Waals surface area (Å²) >= 11 is 0. The Labute approximate surface area is 117 Å². The van der Waals surface area contributed by atoms with Gasteiger partial charge in [0.25, 0.3) is 0 Å². The number of alkyl halides is 3. The van der Waals surface area contributed by atoms with E-state index < -0.39 is 29.0 Å². The Bertz CT molecular complexity index is 368. The first-order valence-electron chi connectivity index (χ1n) is 7.22. The normalized spacial score (nSPS) is 29.9. The maximum Gasteiger partial charge on any atom is 0.413 e. The summed E-state index contributed by atoms with van der Waals surface area (Å²) in [6, 6.07) is 0. The van der Waals surface area contributed by atoms with E-state index in [0.29, 0.717) is 19.4 Å². The molecule has 116 valence electrons. The molecule has 0 amide bonds. The van der Waals surface area contributed by atoms with Crippen LogP contribution in [0, 0.1) is 5.92 Å². The smallest absolute Gasteiger partial charge is 0.375 e. The largest absolute Gasteiger partial charge is 0.413 e. The van der Waals surface area contributed by atoms with Crippen LogP contribution in [0.15, 0.2) is 0 Å². The number of carbonyl (C=O) groups excluding carboxylic acids is 1. The van der Waals surface area contributed by atoms with Crippen molar-refractivity contribution in [3.8, 4) is 0 Å². The number of hydrogen-bond acceptors (Lipinski definition) is 3. The van der Waals surface area contributed by atoms with Gasteiger partial charge in [-0.05, 0) is 32.6 Å². The number of Topliss-reactive ketones (excluding diaryl/α,β-unsaturated/α-hetero) is 1. The Morgan fingerprint density at radius 3 is 2.40 bits per heavy atom. The number of carbonyl (C=O) groups is 1. The zero-order chi connectivity index (χ0) is 15.0. The summed E-state index contributed by atoms with van der Waals surface area (Å²) in [4.78, 5) is 12.2. The van der Waals surface area contributed by atoms with Gasteiger partial charge in [0.15, 0.2) is 11.3 Å². The average Bonchev–Trinajstić information content (AvgIpc) is 2.37. The Morgan fingerprint density at radius 1 is 1.25 bits per heavy atom. The lowest BCUT2D eigenvalue weighted by molar-refractivity contribution is -0.193. The van der Waals surface area contributed by atoms with E-state index in [2.05, 4.69) is 0 Å². The molecule has 0 aromatic rings. The lowest BCUT2D eigenvalue weighted by atomic mass is 9.72. The van der Waals surface area contributed by atoms with Crippen molar-refractivity contribution in [2.24, 2.45) is 11.7 Å². The fraction of sp³-hybridized carbons (Fsp3) is 0.929. The minimum Gasteiger partial charge on any atom is -0.375 e. The number of rotatable bonds is 2. The lowest BCUT2D eigenvalue weighted by Crippen LogP contribution is -2.60. The zero-order valence-electron chi connectivity index (χ0n) is 11.8. The van der Waals surface area contributed by atoms with Crippen molar-refractivity contribution in [2.75, 3.05) is 6.61 Å². The van der Waals surface area contributed by atoms with E-state index in [4.69, 9.17) is 10.5 Å². The molecule has 2 unspecified atom stereocenters. The van der Waals surface area contributed by atoms with Crippen LogP contribution in [0.4, 0.5) is 13.2 Å². The first-order valence-corrected chi connectivity index (χ1v) is 7.22. The number of halogens is 3. The predicted octanol–water partition coefficient (Wildman–Crippen LogP) is 2.96. The molecule has 1 aliphatic carbocycles. The Balaban J connectivity index is 2.11. The lowest BCUT2D eigenvalue weighted by Gasteiger charge is -2.44. The van der Waals surface area contributed by atoms with Gasteiger partial charge in [0.1, 0.15) is 0 Å². The van der Waals surface area contributed by atoms with E-state index in [0.717, 1.165) is 39.0 Å². The van der Waals surface area contributed by atoms with Crippen LogP contribution in [-0.2, 0) is 9.53 Å². The topological polar surface area (TPSA) is 52.3 Å². The minimum atomic E-state index is -4.71. The fourth-order valence-corrected chi connectivity index (χ4v) is 3.36. The van der Waals surface area contributed by atoms with E-state index in [1.165, 1.54) is 0 Å². The van der Waals surface area contributed by atoms with Crippen molar-refractivity contribution < 1.29 is 22.7 Å². The molecule has 0 bridgehead atoms. The van der Waals surface area contributed by atoms with Crippen LogP contribution in [-0.4, -0.2) is 29.7 Å². The second kappa shape index (κ2) is 5.30. The van der Waals surface area contributed by atoms with Crippen molar-refractivity contribution in [1.29, 1.82) is 0 Å². The third-order valence-corrected chi connectivity index (χ3v) is 4.73. The number of ketones is 1. The molecule has 6 heteroatoms. The Kier molecular flexibility index (Phi) is 4.17. The summed E-state index contributed by atoms with van der Waals surface area (Å²) in [5, 5.41) is 0. The van der Waals surface area contributed by atoms with E-state index in [1.54, 1.807) is 0 Å². The van der Waals surface area contributed by atoms with Crippen LogP contribution < -0.4 is 5.73 Å². The maximum absolute atomic E-state index is 12.9. The molecule has 20 heavy (non-hydrogen) atoms. The highest BCUT2D eigenvalue weighted by molar-refractivity contribution is 5.90. The summed E-state index contributed by atoms with van der Waals surface area (Å²) in [6.07, 6.45) is 0.843. The van der Waals surface area contributed by atoms with Gasteiger partial charge in [-0.2, -0.15) is 13.2 Å². The highest BCUT2D eigenvalue weighted by Crippen LogP contribution is 2.43. The van der Waals surface area contributed by atoms with Gasteiger partial charge in [-0.25, -0.2) is 0 Å². The van der Waals surface area contributed by atoms with E-state index in [1.807, 2.05) is 0 Å². The Morgan fingerprint density at radius 2 is 1.85 bits per heavy atom. The quantitative estimate of drug-likeness (QED) is 0.851. The van der Waals surface area contributed by atoms with Gasteiger partial charge in [0, 0.05) is 12.5 Å². The molecular formula is C14H22F3NO2. The van der Waals surface area contributed by atoms with Gasteiger partial charge in [0.05, 0.1) is 5.60 Å². The highest BCUT2D eigenvalue weighted by atomic mass is 19.4. The van der Waals surface area contributed by atoms with Crippen molar-refractivity contribution in [2.45, 2.75) is 69.2 Å². The first kappa shape index (κ1) is 15.8. The van der Waals surface area contributed by atoms with E-state index >= 15 is 0 Å². The summed E-state index contributed by atoms with van der Waals surface area (Å²) in [6.45, 7) is 1.13. The third-order valence-electron chi connectivity index (χ3n) is 4.73. The van der Waals surface area contributed by atoms with Gasteiger partial charge >= 0.3 is 6.18 Å². The molecule has 1 spiro atoms. The summed E-state index contributed by atoms with van der Waals surface area (Å²) < 4.78 is 44.5. The summed E-state index contributed by atoms with van der Waals surface area (Å²) in [5.41, 5.74) is 2.12. The van der Waals surface area contributed by atoms with Crippen LogP contribution in [0.2, 0.25) is 0 Å². The van der Waals surface area contributed by atoms with E-state index in [-0.39, 0.29) is 0 Å². The molecule has 1 heterocycles. The van der Waals surface area contributed by atoms with Crippen LogP contribution in [0.5, 0.6) is 0 Å². The molecule has 3 nitrogen and oxygen atoms in total. The zero-order valence-corrected chi connectivity index (χ0v) is 11.8. The third kappa shape index (κ3) is 2.86. The molecule has 2 N–H and O–H groups in total. The Hall–Kier alpha value is -0.620. The van der Waals surface area contributed by atoms with Gasteiger partial charge in [-0.15, -0.1) is 0 Å².